The molecule has 0 spiro atoms. The fourth-order valence-corrected chi connectivity index (χ4v) is 3.18. The molecule has 0 aromatic heterocycles. The van der Waals surface area contributed by atoms with Crippen LogP contribution < -0.4 is 19.5 Å². The molecular formula is C18H20BrNO3. The monoisotopic (exact) mass is 377 g/mol. The molecule has 1 N–H and O–H groups in total. The van der Waals surface area contributed by atoms with E-state index in [2.05, 4.69) is 33.4 Å². The molecule has 1 heterocycles. The van der Waals surface area contributed by atoms with Crippen molar-refractivity contribution in [2.75, 3.05) is 20.3 Å². The lowest BCUT2D eigenvalue weighted by molar-refractivity contribution is 0.296. The van der Waals surface area contributed by atoms with Gasteiger partial charge < -0.3 is 19.5 Å². The summed E-state index contributed by atoms with van der Waals surface area (Å²) in [4.78, 5) is 0. The van der Waals surface area contributed by atoms with Crippen LogP contribution in [0.5, 0.6) is 17.2 Å². The zero-order valence-corrected chi connectivity index (χ0v) is 14.7. The fraction of sp³-hybridized carbons (Fsp3) is 0.333. The number of rotatable bonds is 5. The van der Waals surface area contributed by atoms with Crippen LogP contribution >= 0.6 is 15.9 Å². The Balaban J connectivity index is 1.67. The van der Waals surface area contributed by atoms with Gasteiger partial charge in [-0.3, -0.25) is 0 Å². The van der Waals surface area contributed by atoms with Gasteiger partial charge in [0.25, 0.3) is 0 Å². The lowest BCUT2D eigenvalue weighted by Crippen LogP contribution is -2.13. The number of methoxy groups -OCH3 is 1. The van der Waals surface area contributed by atoms with E-state index in [-0.39, 0.29) is 0 Å². The van der Waals surface area contributed by atoms with Crippen LogP contribution in [0.4, 0.5) is 0 Å². The molecule has 0 saturated carbocycles. The smallest absolute Gasteiger partial charge is 0.175 e. The van der Waals surface area contributed by atoms with Gasteiger partial charge in [-0.2, -0.15) is 0 Å². The second kappa shape index (κ2) is 7.70. The third-order valence-electron chi connectivity index (χ3n) is 3.70. The topological polar surface area (TPSA) is 39.7 Å². The van der Waals surface area contributed by atoms with Crippen molar-refractivity contribution in [1.82, 2.24) is 5.32 Å². The first kappa shape index (κ1) is 16.1. The van der Waals surface area contributed by atoms with Crippen LogP contribution in [0.1, 0.15) is 17.5 Å². The first-order valence-corrected chi connectivity index (χ1v) is 8.48. The van der Waals surface area contributed by atoms with Gasteiger partial charge in [0.15, 0.2) is 11.5 Å². The lowest BCUT2D eigenvalue weighted by atomic mass is 10.1. The second-order valence-corrected chi connectivity index (χ2v) is 6.23. The first-order valence-electron chi connectivity index (χ1n) is 7.68. The second-order valence-electron chi connectivity index (χ2n) is 5.37. The Morgan fingerprint density at radius 2 is 1.96 bits per heavy atom. The van der Waals surface area contributed by atoms with Crippen molar-refractivity contribution in [3.05, 3.63) is 52.0 Å². The number of fused-ring (bicyclic) bond motifs is 1. The fourth-order valence-electron chi connectivity index (χ4n) is 2.58. The Bertz CT molecular complexity index is 675. The van der Waals surface area contributed by atoms with Gasteiger partial charge in [0.2, 0.25) is 0 Å². The van der Waals surface area contributed by atoms with Gasteiger partial charge >= 0.3 is 0 Å². The van der Waals surface area contributed by atoms with Crippen molar-refractivity contribution >= 4 is 15.9 Å². The third kappa shape index (κ3) is 3.98. The molecule has 122 valence electrons. The Morgan fingerprint density at radius 3 is 2.83 bits per heavy atom. The van der Waals surface area contributed by atoms with Crippen molar-refractivity contribution in [2.24, 2.45) is 0 Å². The Kier molecular flexibility index (Phi) is 5.41. The molecule has 0 saturated heterocycles. The van der Waals surface area contributed by atoms with Gasteiger partial charge in [0.05, 0.1) is 24.8 Å². The van der Waals surface area contributed by atoms with E-state index in [4.69, 9.17) is 14.2 Å². The summed E-state index contributed by atoms with van der Waals surface area (Å²) in [5.74, 6) is 2.52. The van der Waals surface area contributed by atoms with Gasteiger partial charge in [0, 0.05) is 25.1 Å². The van der Waals surface area contributed by atoms with Crippen LogP contribution in [0.2, 0.25) is 0 Å². The van der Waals surface area contributed by atoms with Crippen LogP contribution in [0.15, 0.2) is 40.9 Å². The summed E-state index contributed by atoms with van der Waals surface area (Å²) >= 11 is 3.57. The molecule has 0 aliphatic carbocycles. The van der Waals surface area contributed by atoms with E-state index in [1.165, 1.54) is 0 Å². The number of ether oxygens (including phenoxy) is 3. The summed E-state index contributed by atoms with van der Waals surface area (Å²) in [6.45, 7) is 2.87. The summed E-state index contributed by atoms with van der Waals surface area (Å²) < 4.78 is 17.8. The van der Waals surface area contributed by atoms with Crippen molar-refractivity contribution in [3.8, 4) is 17.2 Å². The molecule has 23 heavy (non-hydrogen) atoms. The number of benzene rings is 2. The maximum atomic E-state index is 5.77. The van der Waals surface area contributed by atoms with Crippen LogP contribution in [0, 0.1) is 0 Å². The van der Waals surface area contributed by atoms with Gasteiger partial charge in [0.1, 0.15) is 5.75 Å². The van der Waals surface area contributed by atoms with E-state index >= 15 is 0 Å². The van der Waals surface area contributed by atoms with Gasteiger partial charge in [-0.25, -0.2) is 0 Å². The van der Waals surface area contributed by atoms with E-state index in [1.54, 1.807) is 7.11 Å². The van der Waals surface area contributed by atoms with Crippen molar-refractivity contribution in [2.45, 2.75) is 19.5 Å². The number of halogens is 1. The molecule has 1 aliphatic heterocycles. The highest BCUT2D eigenvalue weighted by molar-refractivity contribution is 9.10. The summed E-state index contributed by atoms with van der Waals surface area (Å²) in [5.41, 5.74) is 2.29. The molecule has 0 radical (unpaired) electrons. The standard InChI is InChI=1S/C18H20BrNO3/c1-21-16-6-3-2-5-14(16)12-20-11-13-9-15(19)18-17(10-13)22-7-4-8-23-18/h2-3,5-6,9-10,20H,4,7-8,11-12H2,1H3. The Labute approximate surface area is 144 Å². The van der Waals surface area contributed by atoms with Crippen molar-refractivity contribution in [3.63, 3.8) is 0 Å². The summed E-state index contributed by atoms with van der Waals surface area (Å²) in [6.07, 6.45) is 0.905. The summed E-state index contributed by atoms with van der Waals surface area (Å²) in [5, 5.41) is 3.45. The molecule has 4 nitrogen and oxygen atoms in total. The normalized spacial score (nSPS) is 13.5. The van der Waals surface area contributed by atoms with Crippen LogP contribution in [-0.2, 0) is 13.1 Å². The van der Waals surface area contributed by atoms with Crippen LogP contribution in [-0.4, -0.2) is 20.3 Å². The molecule has 0 fully saturated rings. The summed E-state index contributed by atoms with van der Waals surface area (Å²) in [6, 6.07) is 12.1. The molecule has 0 atom stereocenters. The zero-order chi connectivity index (χ0) is 16.1. The minimum atomic E-state index is 0.691. The molecule has 2 aromatic rings. The quantitative estimate of drug-likeness (QED) is 0.857. The Hall–Kier alpha value is -1.72. The molecule has 1 aliphatic rings. The highest BCUT2D eigenvalue weighted by Crippen LogP contribution is 2.38. The highest BCUT2D eigenvalue weighted by atomic mass is 79.9. The number of hydrogen-bond acceptors (Lipinski definition) is 4. The zero-order valence-electron chi connectivity index (χ0n) is 13.1. The van der Waals surface area contributed by atoms with Gasteiger partial charge in [-0.15, -0.1) is 0 Å². The molecule has 0 amide bonds. The van der Waals surface area contributed by atoms with Crippen LogP contribution in [0.3, 0.4) is 0 Å². The minimum absolute atomic E-state index is 0.691. The molecule has 0 unspecified atom stereocenters. The van der Waals surface area contributed by atoms with E-state index < -0.39 is 0 Å². The largest absolute Gasteiger partial charge is 0.496 e. The van der Waals surface area contributed by atoms with E-state index in [1.807, 2.05) is 24.3 Å². The Morgan fingerprint density at radius 1 is 1.13 bits per heavy atom. The highest BCUT2D eigenvalue weighted by Gasteiger charge is 2.15. The first-order chi connectivity index (χ1) is 11.3. The maximum Gasteiger partial charge on any atom is 0.175 e. The van der Waals surface area contributed by atoms with Gasteiger partial charge in [-0.05, 0) is 39.7 Å². The van der Waals surface area contributed by atoms with E-state index in [0.717, 1.165) is 52.4 Å². The SMILES string of the molecule is COc1ccccc1CNCc1cc(Br)c2c(c1)OCCCO2. The predicted molar refractivity (Wildman–Crippen MR) is 93.3 cm³/mol. The van der Waals surface area contributed by atoms with Crippen molar-refractivity contribution < 1.29 is 14.2 Å². The van der Waals surface area contributed by atoms with E-state index in [9.17, 15) is 0 Å². The average Bonchev–Trinajstić information content (AvgIpc) is 2.81. The average molecular weight is 378 g/mol. The minimum Gasteiger partial charge on any atom is -0.496 e. The number of hydrogen-bond donors (Lipinski definition) is 1. The van der Waals surface area contributed by atoms with Gasteiger partial charge in [-0.1, -0.05) is 18.2 Å². The number of nitrogens with one attached hydrogen (secondary N) is 1. The van der Waals surface area contributed by atoms with Crippen LogP contribution in [0.25, 0.3) is 0 Å². The third-order valence-corrected chi connectivity index (χ3v) is 4.29. The lowest BCUT2D eigenvalue weighted by Gasteiger charge is -2.13. The molecule has 0 bridgehead atoms. The molecule has 5 heteroatoms. The maximum absolute atomic E-state index is 5.77. The van der Waals surface area contributed by atoms with Crippen molar-refractivity contribution in [1.29, 1.82) is 0 Å². The molecule has 3 rings (SSSR count). The predicted octanol–water partition coefficient (Wildman–Crippen LogP) is 3.91. The molecule has 2 aromatic carbocycles. The summed E-state index contributed by atoms with van der Waals surface area (Å²) in [7, 11) is 1.69. The molecular weight excluding hydrogens is 358 g/mol. The number of para-hydroxylation sites is 1. The van der Waals surface area contributed by atoms with E-state index in [0.29, 0.717) is 13.2 Å².